The molecule has 1 rings (SSSR count). The average molecular weight is 252 g/mol. The minimum atomic E-state index is -0.505. The highest BCUT2D eigenvalue weighted by atomic mass is 16.5. The lowest BCUT2D eigenvalue weighted by Crippen LogP contribution is -2.28. The number of carbonyl (C=O) groups is 1. The van der Waals surface area contributed by atoms with E-state index in [9.17, 15) is 4.79 Å². The molecule has 1 aromatic rings. The van der Waals surface area contributed by atoms with Gasteiger partial charge in [0.2, 0.25) is 0 Å². The highest BCUT2D eigenvalue weighted by Gasteiger charge is 2.12. The van der Waals surface area contributed by atoms with Crippen molar-refractivity contribution in [1.29, 1.82) is 0 Å². The molecule has 5 heteroatoms. The van der Waals surface area contributed by atoms with Crippen molar-refractivity contribution >= 4 is 11.6 Å². The van der Waals surface area contributed by atoms with Crippen LogP contribution in [-0.4, -0.2) is 32.3 Å². The van der Waals surface area contributed by atoms with E-state index in [1.165, 1.54) is 0 Å². The predicted molar refractivity (Wildman–Crippen MR) is 70.3 cm³/mol. The maximum absolute atomic E-state index is 11.8. The van der Waals surface area contributed by atoms with Gasteiger partial charge in [-0.25, -0.2) is 0 Å². The van der Waals surface area contributed by atoms with E-state index in [1.54, 1.807) is 14.0 Å². The van der Waals surface area contributed by atoms with Gasteiger partial charge in [-0.2, -0.15) is 0 Å². The number of hydrogen-bond donors (Lipinski definition) is 2. The number of amides is 1. The van der Waals surface area contributed by atoms with Crippen LogP contribution in [0.4, 0.5) is 5.69 Å². The number of anilines is 1. The fraction of sp³-hybridized carbons (Fsp3) is 0.462. The van der Waals surface area contributed by atoms with E-state index in [0.717, 1.165) is 11.3 Å². The van der Waals surface area contributed by atoms with Crippen molar-refractivity contribution in [2.24, 2.45) is 5.73 Å². The summed E-state index contributed by atoms with van der Waals surface area (Å²) in [4.78, 5) is 11.8. The molecule has 0 aliphatic carbocycles. The number of hydrogen-bond acceptors (Lipinski definition) is 4. The Morgan fingerprint density at radius 3 is 2.56 bits per heavy atom. The summed E-state index contributed by atoms with van der Waals surface area (Å²) in [5.41, 5.74) is 7.26. The lowest BCUT2D eigenvalue weighted by atomic mass is 10.2. The molecule has 0 heterocycles. The summed E-state index contributed by atoms with van der Waals surface area (Å²) in [5, 5.41) is 2.77. The van der Waals surface area contributed by atoms with Crippen LogP contribution in [0.3, 0.4) is 0 Å². The van der Waals surface area contributed by atoms with Gasteiger partial charge in [0.25, 0.3) is 5.91 Å². The van der Waals surface area contributed by atoms with Crippen molar-refractivity contribution in [3.63, 3.8) is 0 Å². The zero-order chi connectivity index (χ0) is 13.4. The molecule has 5 nitrogen and oxygen atoms in total. The largest absolute Gasteiger partial charge is 0.382 e. The third kappa shape index (κ3) is 4.83. The van der Waals surface area contributed by atoms with Crippen LogP contribution in [0.25, 0.3) is 0 Å². The number of benzene rings is 1. The van der Waals surface area contributed by atoms with Crippen LogP contribution >= 0.6 is 0 Å². The van der Waals surface area contributed by atoms with Crippen LogP contribution < -0.4 is 11.1 Å². The lowest BCUT2D eigenvalue weighted by Gasteiger charge is -2.13. The second-order valence-corrected chi connectivity index (χ2v) is 3.90. The molecule has 0 aliphatic rings. The first kappa shape index (κ1) is 14.6. The molecule has 1 amide bonds. The molecule has 100 valence electrons. The normalized spacial score (nSPS) is 12.2. The fourth-order valence-electron chi connectivity index (χ4n) is 1.35. The summed E-state index contributed by atoms with van der Waals surface area (Å²) in [6.07, 6.45) is -0.505. The van der Waals surface area contributed by atoms with Gasteiger partial charge in [-0.1, -0.05) is 12.1 Å². The first-order chi connectivity index (χ1) is 8.67. The molecule has 0 aromatic heterocycles. The molecule has 0 saturated heterocycles. The Morgan fingerprint density at radius 2 is 2.00 bits per heavy atom. The van der Waals surface area contributed by atoms with Crippen LogP contribution in [0.5, 0.6) is 0 Å². The van der Waals surface area contributed by atoms with Crippen molar-refractivity contribution in [3.05, 3.63) is 29.8 Å². The van der Waals surface area contributed by atoms with Crippen molar-refractivity contribution in [1.82, 2.24) is 0 Å². The summed E-state index contributed by atoms with van der Waals surface area (Å²) >= 11 is 0. The van der Waals surface area contributed by atoms with Crippen LogP contribution in [0.1, 0.15) is 12.5 Å². The Kier molecular flexibility index (Phi) is 6.35. The van der Waals surface area contributed by atoms with E-state index in [1.807, 2.05) is 24.3 Å². The van der Waals surface area contributed by atoms with Crippen LogP contribution in [0, 0.1) is 0 Å². The molecule has 0 aliphatic heterocycles. The predicted octanol–water partition coefficient (Wildman–Crippen LogP) is 1.14. The van der Waals surface area contributed by atoms with Gasteiger partial charge in [-0.15, -0.1) is 0 Å². The molecule has 0 bridgehead atoms. The molecule has 1 atom stereocenters. The summed E-state index contributed by atoms with van der Waals surface area (Å²) in [6.45, 7) is 3.07. The average Bonchev–Trinajstić information content (AvgIpc) is 2.39. The maximum Gasteiger partial charge on any atom is 0.253 e. The van der Waals surface area contributed by atoms with Crippen molar-refractivity contribution in [2.75, 3.05) is 25.6 Å². The van der Waals surface area contributed by atoms with E-state index in [-0.39, 0.29) is 5.91 Å². The van der Waals surface area contributed by atoms with E-state index in [0.29, 0.717) is 19.8 Å². The van der Waals surface area contributed by atoms with E-state index < -0.39 is 6.10 Å². The molecule has 0 fully saturated rings. The van der Waals surface area contributed by atoms with Crippen molar-refractivity contribution in [2.45, 2.75) is 19.6 Å². The standard InChI is InChI=1S/C13H20N2O3/c1-10(18-8-7-17-2)13(16)15-12-5-3-11(9-14)4-6-12/h3-6,10H,7-9,14H2,1-2H3,(H,15,16). The van der Waals surface area contributed by atoms with Crippen molar-refractivity contribution < 1.29 is 14.3 Å². The molecule has 18 heavy (non-hydrogen) atoms. The topological polar surface area (TPSA) is 73.6 Å². The second kappa shape index (κ2) is 7.81. The summed E-state index contributed by atoms with van der Waals surface area (Å²) in [5.74, 6) is -0.174. The van der Waals surface area contributed by atoms with Crippen LogP contribution in [0.2, 0.25) is 0 Å². The minimum Gasteiger partial charge on any atom is -0.382 e. The van der Waals surface area contributed by atoms with Crippen LogP contribution in [0.15, 0.2) is 24.3 Å². The molecule has 0 spiro atoms. The number of carbonyl (C=O) groups excluding carboxylic acids is 1. The monoisotopic (exact) mass is 252 g/mol. The Morgan fingerprint density at radius 1 is 1.33 bits per heavy atom. The first-order valence-corrected chi connectivity index (χ1v) is 5.87. The van der Waals surface area contributed by atoms with E-state index >= 15 is 0 Å². The van der Waals surface area contributed by atoms with Gasteiger partial charge in [0.15, 0.2) is 0 Å². The second-order valence-electron chi connectivity index (χ2n) is 3.90. The highest BCUT2D eigenvalue weighted by molar-refractivity contribution is 5.93. The van der Waals surface area contributed by atoms with Gasteiger partial charge < -0.3 is 20.5 Å². The summed E-state index contributed by atoms with van der Waals surface area (Å²) in [7, 11) is 1.59. The van der Waals surface area contributed by atoms with E-state index in [2.05, 4.69) is 5.32 Å². The van der Waals surface area contributed by atoms with Gasteiger partial charge in [-0.05, 0) is 24.6 Å². The maximum atomic E-state index is 11.8. The number of rotatable bonds is 7. The van der Waals surface area contributed by atoms with Crippen molar-refractivity contribution in [3.8, 4) is 0 Å². The van der Waals surface area contributed by atoms with E-state index in [4.69, 9.17) is 15.2 Å². The fourth-order valence-corrected chi connectivity index (χ4v) is 1.35. The summed E-state index contributed by atoms with van der Waals surface area (Å²) < 4.78 is 10.2. The van der Waals surface area contributed by atoms with Gasteiger partial charge >= 0.3 is 0 Å². The molecule has 0 radical (unpaired) electrons. The molecular formula is C13H20N2O3. The Bertz CT molecular complexity index is 365. The van der Waals surface area contributed by atoms with Gasteiger partial charge in [0.1, 0.15) is 6.10 Å². The zero-order valence-electron chi connectivity index (χ0n) is 10.8. The number of ether oxygens (including phenoxy) is 2. The number of methoxy groups -OCH3 is 1. The number of nitrogens with two attached hydrogens (primary N) is 1. The minimum absolute atomic E-state index is 0.174. The summed E-state index contributed by atoms with van der Waals surface area (Å²) in [6, 6.07) is 7.40. The Balaban J connectivity index is 2.42. The first-order valence-electron chi connectivity index (χ1n) is 5.87. The third-order valence-electron chi connectivity index (χ3n) is 2.48. The molecule has 1 unspecified atom stereocenters. The molecule has 0 saturated carbocycles. The number of nitrogens with one attached hydrogen (secondary N) is 1. The Hall–Kier alpha value is -1.43. The van der Waals surface area contributed by atoms with Gasteiger partial charge in [0, 0.05) is 19.3 Å². The zero-order valence-corrected chi connectivity index (χ0v) is 10.8. The lowest BCUT2D eigenvalue weighted by molar-refractivity contribution is -0.127. The highest BCUT2D eigenvalue weighted by Crippen LogP contribution is 2.09. The third-order valence-corrected chi connectivity index (χ3v) is 2.48. The van der Waals surface area contributed by atoms with Gasteiger partial charge in [-0.3, -0.25) is 4.79 Å². The molecule has 1 aromatic carbocycles. The molecular weight excluding hydrogens is 232 g/mol. The smallest absolute Gasteiger partial charge is 0.253 e. The molecule has 3 N–H and O–H groups in total. The van der Waals surface area contributed by atoms with Gasteiger partial charge in [0.05, 0.1) is 13.2 Å². The SMILES string of the molecule is COCCOC(C)C(=O)Nc1ccc(CN)cc1. The van der Waals surface area contributed by atoms with Crippen LogP contribution in [-0.2, 0) is 20.8 Å². The quantitative estimate of drug-likeness (QED) is 0.714. The Labute approximate surface area is 107 Å².